The summed E-state index contributed by atoms with van der Waals surface area (Å²) in [5, 5.41) is 16.2. The van der Waals surface area contributed by atoms with Crippen molar-refractivity contribution in [2.45, 2.75) is 6.42 Å². The average Bonchev–Trinajstić information content (AvgIpc) is 3.30. The van der Waals surface area contributed by atoms with Gasteiger partial charge in [-0.15, -0.1) is 0 Å². The molecule has 1 aliphatic carbocycles. The highest BCUT2D eigenvalue weighted by atomic mass is 35.5. The molecule has 1 aliphatic heterocycles. The third-order valence-corrected chi connectivity index (χ3v) is 5.75. The van der Waals surface area contributed by atoms with Gasteiger partial charge in [0.15, 0.2) is 0 Å². The van der Waals surface area contributed by atoms with Gasteiger partial charge in [0.2, 0.25) is 0 Å². The van der Waals surface area contributed by atoms with E-state index in [4.69, 9.17) is 17.3 Å². The fraction of sp³-hybridized carbons (Fsp3) is 0.316. The molecular weight excluding hydrogens is 401 g/mol. The van der Waals surface area contributed by atoms with E-state index in [9.17, 15) is 19.1 Å². The van der Waals surface area contributed by atoms with Crippen molar-refractivity contribution < 1.29 is 19.1 Å². The lowest BCUT2D eigenvalue weighted by Gasteiger charge is -2.12. The number of nitrogen functional groups attached to an aromatic ring is 1. The maximum Gasteiger partial charge on any atom is 0.407 e. The number of hydrogen-bond acceptors (Lipinski definition) is 4. The first-order valence-electron chi connectivity index (χ1n) is 9.02. The molecule has 2 aromatic rings. The number of carbonyl (C=O) groups is 2. The number of hydrogen-bond donors (Lipinski definition) is 3. The molecule has 10 heteroatoms. The van der Waals surface area contributed by atoms with Gasteiger partial charge in [-0.05, 0) is 36.1 Å². The lowest BCUT2D eigenvalue weighted by molar-refractivity contribution is 0.102. The van der Waals surface area contributed by atoms with E-state index in [0.29, 0.717) is 30.9 Å². The third kappa shape index (κ3) is 3.42. The van der Waals surface area contributed by atoms with Crippen molar-refractivity contribution in [3.8, 4) is 0 Å². The molecule has 4 rings (SSSR count). The van der Waals surface area contributed by atoms with Crippen LogP contribution in [0.25, 0.3) is 5.57 Å². The molecule has 8 nitrogen and oxygen atoms in total. The highest BCUT2D eigenvalue weighted by molar-refractivity contribution is 6.31. The Balaban J connectivity index is 1.61. The smallest absolute Gasteiger partial charge is 0.407 e. The van der Waals surface area contributed by atoms with Gasteiger partial charge in [-0.25, -0.2) is 9.18 Å². The summed E-state index contributed by atoms with van der Waals surface area (Å²) in [6.45, 7) is 0.888. The standard InChI is InChI=1S/C19H19ClFN5O3/c1-25-17(22)15(18(27)23-12-2-3-14(21)13(20)6-12)16(24-25)9-4-10-7-26(19(28)29)8-11(10)5-9/h2-4,6,10-11H,5,7-8,22H2,1H3,(H,23,27)(H,28,29). The number of carbonyl (C=O) groups excluding carboxylic acids is 1. The van der Waals surface area contributed by atoms with Crippen LogP contribution in [-0.4, -0.2) is 44.9 Å². The summed E-state index contributed by atoms with van der Waals surface area (Å²) >= 11 is 5.78. The highest BCUT2D eigenvalue weighted by Crippen LogP contribution is 2.42. The Morgan fingerprint density at radius 2 is 2.14 bits per heavy atom. The minimum Gasteiger partial charge on any atom is -0.465 e. The number of allylic oxidation sites excluding steroid dienone is 1. The zero-order chi connectivity index (χ0) is 20.9. The Morgan fingerprint density at radius 1 is 1.38 bits per heavy atom. The predicted octanol–water partition coefficient (Wildman–Crippen LogP) is 3.06. The predicted molar refractivity (Wildman–Crippen MR) is 106 cm³/mol. The van der Waals surface area contributed by atoms with Crippen LogP contribution in [-0.2, 0) is 7.05 Å². The number of fused-ring (bicyclic) bond motifs is 1. The molecule has 0 bridgehead atoms. The summed E-state index contributed by atoms with van der Waals surface area (Å²) in [4.78, 5) is 25.5. The number of nitrogens with two attached hydrogens (primary N) is 1. The van der Waals surface area contributed by atoms with Crippen LogP contribution in [0.15, 0.2) is 24.3 Å². The molecule has 2 heterocycles. The van der Waals surface area contributed by atoms with Crippen molar-refractivity contribution in [3.63, 3.8) is 0 Å². The first-order valence-corrected chi connectivity index (χ1v) is 9.40. The Labute approximate surface area is 170 Å². The summed E-state index contributed by atoms with van der Waals surface area (Å²) < 4.78 is 14.8. The number of amides is 2. The van der Waals surface area contributed by atoms with Crippen LogP contribution in [0.3, 0.4) is 0 Å². The van der Waals surface area contributed by atoms with E-state index in [2.05, 4.69) is 10.4 Å². The Kier molecular flexibility index (Phi) is 4.70. The number of aryl methyl sites for hydroxylation is 1. The highest BCUT2D eigenvalue weighted by Gasteiger charge is 2.40. The largest absolute Gasteiger partial charge is 0.465 e. The molecule has 2 unspecified atom stereocenters. The van der Waals surface area contributed by atoms with Crippen LogP contribution in [0, 0.1) is 17.7 Å². The van der Waals surface area contributed by atoms with E-state index in [0.717, 1.165) is 5.57 Å². The average molecular weight is 420 g/mol. The number of aromatic nitrogens is 2. The van der Waals surface area contributed by atoms with Gasteiger partial charge in [0, 0.05) is 31.7 Å². The summed E-state index contributed by atoms with van der Waals surface area (Å²) in [7, 11) is 1.65. The lowest BCUT2D eigenvalue weighted by atomic mass is 9.99. The summed E-state index contributed by atoms with van der Waals surface area (Å²) in [5.74, 6) is -0.592. The van der Waals surface area contributed by atoms with Crippen molar-refractivity contribution in [2.75, 3.05) is 24.1 Å². The van der Waals surface area contributed by atoms with Crippen molar-refractivity contribution in [2.24, 2.45) is 18.9 Å². The number of carboxylic acid groups (broad SMARTS) is 1. The topological polar surface area (TPSA) is 113 Å². The normalized spacial score (nSPS) is 20.5. The molecule has 4 N–H and O–H groups in total. The molecule has 2 atom stereocenters. The van der Waals surface area contributed by atoms with E-state index in [1.165, 1.54) is 27.8 Å². The summed E-state index contributed by atoms with van der Waals surface area (Å²) in [5.41, 5.74) is 8.02. The second-order valence-electron chi connectivity index (χ2n) is 7.32. The quantitative estimate of drug-likeness (QED) is 0.707. The Bertz CT molecular complexity index is 1050. The third-order valence-electron chi connectivity index (χ3n) is 5.46. The maximum atomic E-state index is 13.4. The van der Waals surface area contributed by atoms with Gasteiger partial charge < -0.3 is 21.1 Å². The van der Waals surface area contributed by atoms with Crippen LogP contribution in [0.4, 0.5) is 20.7 Å². The second kappa shape index (κ2) is 7.07. The number of nitrogens with zero attached hydrogens (tertiary/aromatic N) is 3. The second-order valence-corrected chi connectivity index (χ2v) is 7.73. The van der Waals surface area contributed by atoms with Gasteiger partial charge in [0.25, 0.3) is 5.91 Å². The Morgan fingerprint density at radius 3 is 2.79 bits per heavy atom. The molecule has 1 saturated heterocycles. The number of benzene rings is 1. The monoisotopic (exact) mass is 419 g/mol. The fourth-order valence-corrected chi connectivity index (χ4v) is 4.18. The van der Waals surface area contributed by atoms with E-state index >= 15 is 0 Å². The van der Waals surface area contributed by atoms with E-state index in [-0.39, 0.29) is 28.2 Å². The molecule has 1 aromatic carbocycles. The van der Waals surface area contributed by atoms with Gasteiger partial charge in [-0.1, -0.05) is 17.7 Å². The molecule has 0 radical (unpaired) electrons. The SMILES string of the molecule is Cn1nc(C2=CC3CN(C(=O)O)CC3C2)c(C(=O)Nc2ccc(F)c(Cl)c2)c1N. The van der Waals surface area contributed by atoms with E-state index < -0.39 is 17.8 Å². The fourth-order valence-electron chi connectivity index (χ4n) is 4.00. The molecule has 29 heavy (non-hydrogen) atoms. The van der Waals surface area contributed by atoms with Gasteiger partial charge >= 0.3 is 6.09 Å². The van der Waals surface area contributed by atoms with Gasteiger partial charge in [-0.2, -0.15) is 5.10 Å². The number of nitrogens with one attached hydrogen (secondary N) is 1. The first kappa shape index (κ1) is 19.3. The van der Waals surface area contributed by atoms with Crippen LogP contribution >= 0.6 is 11.6 Å². The molecule has 1 fully saturated rings. The zero-order valence-electron chi connectivity index (χ0n) is 15.5. The molecule has 152 valence electrons. The van der Waals surface area contributed by atoms with E-state index in [1.54, 1.807) is 7.05 Å². The molecule has 2 aliphatic rings. The molecule has 1 aromatic heterocycles. The number of halogens is 2. The van der Waals surface area contributed by atoms with Crippen molar-refractivity contribution in [1.29, 1.82) is 0 Å². The van der Waals surface area contributed by atoms with E-state index in [1.807, 2.05) is 6.08 Å². The number of anilines is 2. The van der Waals surface area contributed by atoms with Crippen molar-refractivity contribution >= 4 is 40.7 Å². The lowest BCUT2D eigenvalue weighted by Crippen LogP contribution is -2.27. The number of likely N-dealkylation sites (tertiary alicyclic amines) is 1. The van der Waals surface area contributed by atoms with Gasteiger partial charge in [0.05, 0.1) is 5.02 Å². The molecular formula is C19H19ClFN5O3. The van der Waals surface area contributed by atoms with Crippen LogP contribution in [0.5, 0.6) is 0 Å². The molecule has 0 spiro atoms. The summed E-state index contributed by atoms with van der Waals surface area (Å²) in [6, 6.07) is 3.89. The minimum atomic E-state index is -0.922. The van der Waals surface area contributed by atoms with Crippen molar-refractivity contribution in [1.82, 2.24) is 14.7 Å². The van der Waals surface area contributed by atoms with Gasteiger partial charge in [0.1, 0.15) is 22.9 Å². The number of rotatable bonds is 3. The zero-order valence-corrected chi connectivity index (χ0v) is 16.3. The Hall–Kier alpha value is -3.07. The first-order chi connectivity index (χ1) is 13.7. The molecule has 2 amide bonds. The van der Waals surface area contributed by atoms with Crippen LogP contribution in [0.2, 0.25) is 5.02 Å². The van der Waals surface area contributed by atoms with Gasteiger partial charge in [-0.3, -0.25) is 9.48 Å². The van der Waals surface area contributed by atoms with Crippen molar-refractivity contribution in [3.05, 3.63) is 46.4 Å². The maximum absolute atomic E-state index is 13.4. The minimum absolute atomic E-state index is 0.0937. The summed E-state index contributed by atoms with van der Waals surface area (Å²) in [6.07, 6.45) is 1.68. The van der Waals surface area contributed by atoms with Crippen LogP contribution < -0.4 is 11.1 Å². The molecule has 0 saturated carbocycles. The van der Waals surface area contributed by atoms with Crippen LogP contribution in [0.1, 0.15) is 22.5 Å².